The lowest BCUT2D eigenvalue weighted by Crippen LogP contribution is -2.31. The summed E-state index contributed by atoms with van der Waals surface area (Å²) in [7, 11) is 0. The molecule has 21 heavy (non-hydrogen) atoms. The Hall–Kier alpha value is -0.790. The summed E-state index contributed by atoms with van der Waals surface area (Å²) in [6, 6.07) is 0. The van der Waals surface area contributed by atoms with Crippen LogP contribution in [0.15, 0.2) is 9.95 Å². The van der Waals surface area contributed by atoms with Crippen molar-refractivity contribution < 1.29 is 4.74 Å². The van der Waals surface area contributed by atoms with Crippen molar-refractivity contribution in [3.63, 3.8) is 0 Å². The van der Waals surface area contributed by atoms with E-state index >= 15 is 0 Å². The first-order valence-corrected chi connectivity index (χ1v) is 8.93. The van der Waals surface area contributed by atoms with Gasteiger partial charge in [-0.3, -0.25) is 4.57 Å². The number of ether oxygens (including phenoxy) is 1. The minimum absolute atomic E-state index is 0.119. The highest BCUT2D eigenvalue weighted by molar-refractivity contribution is 7.99. The highest BCUT2D eigenvalue weighted by atomic mass is 32.2. The largest absolute Gasteiger partial charge is 0.376 e. The molecule has 0 radical (unpaired) electrons. The molecule has 1 N–H and O–H groups in total. The number of nitrogens with zero attached hydrogens (tertiary/aromatic N) is 3. The maximum Gasteiger partial charge on any atom is 0.344 e. The zero-order valence-electron chi connectivity index (χ0n) is 12.4. The third kappa shape index (κ3) is 4.11. The summed E-state index contributed by atoms with van der Waals surface area (Å²) in [6.07, 6.45) is 6.30. The lowest BCUT2D eigenvalue weighted by atomic mass is 10.1. The fourth-order valence-electron chi connectivity index (χ4n) is 3.02. The number of H-pyrrole nitrogens is 1. The van der Waals surface area contributed by atoms with Gasteiger partial charge in [0.2, 0.25) is 0 Å². The van der Waals surface area contributed by atoms with E-state index in [4.69, 9.17) is 4.74 Å². The van der Waals surface area contributed by atoms with E-state index in [2.05, 4.69) is 15.1 Å². The van der Waals surface area contributed by atoms with Gasteiger partial charge in [0, 0.05) is 18.9 Å². The molecule has 2 aliphatic rings. The molecule has 0 saturated carbocycles. The molecule has 0 aliphatic carbocycles. The van der Waals surface area contributed by atoms with Crippen molar-refractivity contribution in [2.75, 3.05) is 32.0 Å². The van der Waals surface area contributed by atoms with Crippen molar-refractivity contribution in [2.24, 2.45) is 0 Å². The molecule has 1 unspecified atom stereocenters. The van der Waals surface area contributed by atoms with Crippen LogP contribution in [0.5, 0.6) is 0 Å². The number of aromatic nitrogens is 3. The summed E-state index contributed by atoms with van der Waals surface area (Å²) >= 11 is 1.67. The molecule has 0 amide bonds. The Balaban J connectivity index is 1.51. The van der Waals surface area contributed by atoms with Gasteiger partial charge in [0.05, 0.1) is 12.6 Å². The minimum atomic E-state index is -0.119. The van der Waals surface area contributed by atoms with Crippen LogP contribution in [0.4, 0.5) is 0 Å². The van der Waals surface area contributed by atoms with Crippen molar-refractivity contribution in [1.82, 2.24) is 19.7 Å². The molecule has 7 heteroatoms. The van der Waals surface area contributed by atoms with Gasteiger partial charge in [-0.25, -0.2) is 9.89 Å². The van der Waals surface area contributed by atoms with E-state index in [0.29, 0.717) is 6.54 Å². The fraction of sp³-hybridized carbons (Fsp3) is 0.857. The molecule has 2 aliphatic heterocycles. The lowest BCUT2D eigenvalue weighted by molar-refractivity contribution is 0.0941. The maximum atomic E-state index is 11.9. The van der Waals surface area contributed by atoms with Gasteiger partial charge in [0.1, 0.15) is 0 Å². The van der Waals surface area contributed by atoms with Gasteiger partial charge in [0.15, 0.2) is 5.16 Å². The summed E-state index contributed by atoms with van der Waals surface area (Å²) in [5.41, 5.74) is -0.119. The quantitative estimate of drug-likeness (QED) is 0.803. The van der Waals surface area contributed by atoms with Crippen molar-refractivity contribution in [3.8, 4) is 0 Å². The van der Waals surface area contributed by atoms with Gasteiger partial charge in [-0.1, -0.05) is 18.2 Å². The molecule has 0 aromatic carbocycles. The van der Waals surface area contributed by atoms with Gasteiger partial charge in [-0.05, 0) is 38.8 Å². The molecule has 6 nitrogen and oxygen atoms in total. The molecular formula is C14H24N4O2S. The second-order valence-electron chi connectivity index (χ2n) is 5.81. The van der Waals surface area contributed by atoms with Crippen molar-refractivity contribution in [3.05, 3.63) is 10.5 Å². The van der Waals surface area contributed by atoms with Crippen LogP contribution >= 0.6 is 11.8 Å². The van der Waals surface area contributed by atoms with Crippen LogP contribution in [-0.4, -0.2) is 57.8 Å². The minimum Gasteiger partial charge on any atom is -0.376 e. The lowest BCUT2D eigenvalue weighted by Gasteiger charge is -2.25. The number of rotatable bonds is 6. The van der Waals surface area contributed by atoms with Gasteiger partial charge in [0.25, 0.3) is 0 Å². The topological polar surface area (TPSA) is 63.2 Å². The molecule has 3 heterocycles. The standard InChI is InChI=1S/C14H24N4O2S/c19-13-15-16-14(18(13)11-12-5-4-9-20-12)21-10-8-17-6-2-1-3-7-17/h12H,1-11H2,(H,15,19). The number of likely N-dealkylation sites (tertiary alicyclic amines) is 1. The number of thioether (sulfide) groups is 1. The third-order valence-electron chi connectivity index (χ3n) is 4.22. The number of hydrogen-bond donors (Lipinski definition) is 1. The molecule has 0 spiro atoms. The Kier molecular flexibility index (Phi) is 5.38. The van der Waals surface area contributed by atoms with Gasteiger partial charge >= 0.3 is 5.69 Å². The second-order valence-corrected chi connectivity index (χ2v) is 6.87. The van der Waals surface area contributed by atoms with E-state index in [0.717, 1.165) is 36.9 Å². The summed E-state index contributed by atoms with van der Waals surface area (Å²) in [6.45, 7) is 4.94. The maximum absolute atomic E-state index is 11.9. The fourth-order valence-corrected chi connectivity index (χ4v) is 3.97. The average Bonchev–Trinajstić information content (AvgIpc) is 3.13. The van der Waals surface area contributed by atoms with Crippen LogP contribution in [0.2, 0.25) is 0 Å². The van der Waals surface area contributed by atoms with E-state index in [1.165, 1.54) is 32.4 Å². The molecule has 2 fully saturated rings. The van der Waals surface area contributed by atoms with Crippen LogP contribution in [0, 0.1) is 0 Å². The second kappa shape index (κ2) is 7.47. The first kappa shape index (κ1) is 15.1. The van der Waals surface area contributed by atoms with Crippen LogP contribution in [0.25, 0.3) is 0 Å². The number of nitrogens with one attached hydrogen (secondary N) is 1. The summed E-state index contributed by atoms with van der Waals surface area (Å²) in [5.74, 6) is 0.982. The molecule has 1 aromatic rings. The smallest absolute Gasteiger partial charge is 0.344 e. The predicted molar refractivity (Wildman–Crippen MR) is 82.8 cm³/mol. The van der Waals surface area contributed by atoms with E-state index in [-0.39, 0.29) is 11.8 Å². The summed E-state index contributed by atoms with van der Waals surface area (Å²) < 4.78 is 7.35. The first-order valence-electron chi connectivity index (χ1n) is 7.95. The zero-order chi connectivity index (χ0) is 14.5. The van der Waals surface area contributed by atoms with Crippen LogP contribution in [0.3, 0.4) is 0 Å². The predicted octanol–water partition coefficient (Wildman–Crippen LogP) is 1.33. The van der Waals surface area contributed by atoms with E-state index in [9.17, 15) is 4.79 Å². The summed E-state index contributed by atoms with van der Waals surface area (Å²) in [4.78, 5) is 14.4. The Bertz CT molecular complexity index is 489. The Morgan fingerprint density at radius 1 is 1.29 bits per heavy atom. The molecule has 3 rings (SSSR count). The van der Waals surface area contributed by atoms with Gasteiger partial charge in [-0.2, -0.15) is 0 Å². The molecule has 1 aromatic heterocycles. The monoisotopic (exact) mass is 312 g/mol. The third-order valence-corrected chi connectivity index (χ3v) is 5.18. The first-order chi connectivity index (χ1) is 10.3. The SMILES string of the molecule is O=c1[nH]nc(SCCN2CCCCC2)n1CC1CCCO1. The van der Waals surface area contributed by atoms with Crippen molar-refractivity contribution in [1.29, 1.82) is 0 Å². The van der Waals surface area contributed by atoms with Crippen molar-refractivity contribution >= 4 is 11.8 Å². The van der Waals surface area contributed by atoms with E-state index in [1.807, 2.05) is 0 Å². The number of piperidine rings is 1. The molecule has 0 bridgehead atoms. The van der Waals surface area contributed by atoms with Crippen LogP contribution in [0.1, 0.15) is 32.1 Å². The van der Waals surface area contributed by atoms with Crippen molar-refractivity contribution in [2.45, 2.75) is 49.9 Å². The number of hydrogen-bond acceptors (Lipinski definition) is 5. The summed E-state index contributed by atoms with van der Waals surface area (Å²) in [5, 5.41) is 7.52. The number of aromatic amines is 1. The van der Waals surface area contributed by atoms with Crippen LogP contribution in [-0.2, 0) is 11.3 Å². The normalized spacial score (nSPS) is 23.7. The molecule has 118 valence electrons. The molecule has 1 atom stereocenters. The van der Waals surface area contributed by atoms with E-state index in [1.54, 1.807) is 16.3 Å². The Labute approximate surface area is 129 Å². The van der Waals surface area contributed by atoms with Gasteiger partial charge in [-0.15, -0.1) is 5.10 Å². The van der Waals surface area contributed by atoms with E-state index < -0.39 is 0 Å². The van der Waals surface area contributed by atoms with Crippen LogP contribution < -0.4 is 5.69 Å². The zero-order valence-corrected chi connectivity index (χ0v) is 13.2. The molecular weight excluding hydrogens is 288 g/mol. The average molecular weight is 312 g/mol. The Morgan fingerprint density at radius 2 is 2.14 bits per heavy atom. The molecule has 2 saturated heterocycles. The van der Waals surface area contributed by atoms with Gasteiger partial charge < -0.3 is 9.64 Å². The highest BCUT2D eigenvalue weighted by Crippen LogP contribution is 2.18. The highest BCUT2D eigenvalue weighted by Gasteiger charge is 2.19. The Morgan fingerprint density at radius 3 is 2.90 bits per heavy atom.